The van der Waals surface area contributed by atoms with Crippen molar-refractivity contribution in [3.05, 3.63) is 84.1 Å². The second-order valence-electron chi connectivity index (χ2n) is 6.29. The molecule has 26 heavy (non-hydrogen) atoms. The molecule has 0 unspecified atom stereocenters. The molecule has 0 radical (unpaired) electrons. The molecule has 0 aliphatic heterocycles. The molecule has 0 saturated carbocycles. The van der Waals surface area contributed by atoms with Gasteiger partial charge in [0.2, 0.25) is 0 Å². The maximum atomic E-state index is 11.9. The monoisotopic (exact) mass is 341 g/mol. The average molecular weight is 341 g/mol. The number of carbonyl (C=O) groups excluding carboxylic acids is 1. The first-order valence-corrected chi connectivity index (χ1v) is 8.53. The largest absolute Gasteiger partial charge is 0.355 e. The van der Waals surface area contributed by atoms with Gasteiger partial charge >= 0.3 is 0 Å². The number of nitrogens with zero attached hydrogens (tertiary/aromatic N) is 2. The number of carbonyl (C=O) groups is 1. The van der Waals surface area contributed by atoms with E-state index in [-0.39, 0.29) is 5.91 Å². The van der Waals surface area contributed by atoms with Crippen LogP contribution in [0.25, 0.3) is 27.9 Å². The Hall–Kier alpha value is -3.40. The molecule has 0 bridgehead atoms. The van der Waals surface area contributed by atoms with Crippen molar-refractivity contribution in [2.75, 3.05) is 7.05 Å². The van der Waals surface area contributed by atoms with Gasteiger partial charge in [-0.1, -0.05) is 36.4 Å². The molecule has 4 nitrogen and oxygen atoms in total. The predicted octanol–water partition coefficient (Wildman–Crippen LogP) is 4.34. The molecule has 128 valence electrons. The number of amides is 1. The third-order valence-corrected chi connectivity index (χ3v) is 4.57. The first-order valence-electron chi connectivity index (χ1n) is 8.53. The van der Waals surface area contributed by atoms with E-state index in [9.17, 15) is 4.79 Å². The number of benzene rings is 2. The Balaban J connectivity index is 1.77. The van der Waals surface area contributed by atoms with Crippen LogP contribution in [0.4, 0.5) is 0 Å². The van der Waals surface area contributed by atoms with Gasteiger partial charge in [0.05, 0.1) is 11.2 Å². The lowest BCUT2D eigenvalue weighted by atomic mass is 10.0. The Kier molecular flexibility index (Phi) is 4.01. The smallest absolute Gasteiger partial charge is 0.251 e. The van der Waals surface area contributed by atoms with Crippen LogP contribution in [-0.4, -0.2) is 22.6 Å². The molecule has 0 spiro atoms. The number of aromatic nitrogens is 2. The van der Waals surface area contributed by atoms with Gasteiger partial charge in [-0.25, -0.2) is 4.52 Å². The Morgan fingerprint density at radius 1 is 0.962 bits per heavy atom. The summed E-state index contributed by atoms with van der Waals surface area (Å²) in [7, 11) is 1.64. The van der Waals surface area contributed by atoms with Crippen LogP contribution in [0, 0.1) is 6.92 Å². The second-order valence-corrected chi connectivity index (χ2v) is 6.29. The van der Waals surface area contributed by atoms with Crippen LogP contribution in [0.3, 0.4) is 0 Å². The van der Waals surface area contributed by atoms with Crippen molar-refractivity contribution in [2.45, 2.75) is 6.92 Å². The molecule has 0 saturated heterocycles. The lowest BCUT2D eigenvalue weighted by Gasteiger charge is -2.05. The molecule has 0 atom stereocenters. The first kappa shape index (κ1) is 16.1. The Bertz CT molecular complexity index is 1110. The zero-order valence-electron chi connectivity index (χ0n) is 14.7. The van der Waals surface area contributed by atoms with Gasteiger partial charge in [0, 0.05) is 24.4 Å². The highest BCUT2D eigenvalue weighted by Crippen LogP contribution is 2.26. The minimum atomic E-state index is -0.0841. The number of nitrogens with one attached hydrogen (secondary N) is 1. The maximum Gasteiger partial charge on any atom is 0.251 e. The summed E-state index contributed by atoms with van der Waals surface area (Å²) in [5, 5.41) is 7.35. The first-order chi connectivity index (χ1) is 12.7. The van der Waals surface area contributed by atoms with E-state index in [1.807, 2.05) is 53.2 Å². The molecular formula is C22H19N3O. The minimum Gasteiger partial charge on any atom is -0.355 e. The molecule has 4 aromatic rings. The maximum absolute atomic E-state index is 11.9. The van der Waals surface area contributed by atoms with E-state index in [0.29, 0.717) is 5.56 Å². The van der Waals surface area contributed by atoms with Crippen LogP contribution >= 0.6 is 0 Å². The van der Waals surface area contributed by atoms with Crippen LogP contribution in [0.2, 0.25) is 0 Å². The zero-order valence-corrected chi connectivity index (χ0v) is 14.7. The lowest BCUT2D eigenvalue weighted by molar-refractivity contribution is 0.0963. The predicted molar refractivity (Wildman–Crippen MR) is 104 cm³/mol. The fourth-order valence-corrected chi connectivity index (χ4v) is 3.15. The Morgan fingerprint density at radius 2 is 1.77 bits per heavy atom. The van der Waals surface area contributed by atoms with Crippen molar-refractivity contribution in [2.24, 2.45) is 0 Å². The minimum absolute atomic E-state index is 0.0841. The van der Waals surface area contributed by atoms with Crippen LogP contribution in [-0.2, 0) is 0 Å². The van der Waals surface area contributed by atoms with Crippen LogP contribution < -0.4 is 5.32 Å². The summed E-state index contributed by atoms with van der Waals surface area (Å²) < 4.78 is 1.88. The number of rotatable bonds is 3. The van der Waals surface area contributed by atoms with Crippen molar-refractivity contribution in [1.82, 2.24) is 14.9 Å². The SMILES string of the molecule is CNC(=O)c1cccc(-c2ccn3nc(-c4ccccc4C)cc3c2)c1. The summed E-state index contributed by atoms with van der Waals surface area (Å²) in [5.74, 6) is -0.0841. The Labute approximate surface area is 152 Å². The highest BCUT2D eigenvalue weighted by molar-refractivity contribution is 5.95. The number of hydrogen-bond acceptors (Lipinski definition) is 2. The molecule has 1 N–H and O–H groups in total. The van der Waals surface area contributed by atoms with Crippen molar-refractivity contribution in [1.29, 1.82) is 0 Å². The molecule has 4 heteroatoms. The number of hydrogen-bond donors (Lipinski definition) is 1. The molecular weight excluding hydrogens is 322 g/mol. The van der Waals surface area contributed by atoms with E-state index in [4.69, 9.17) is 5.10 Å². The fraction of sp³-hybridized carbons (Fsp3) is 0.0909. The highest BCUT2D eigenvalue weighted by Gasteiger charge is 2.09. The van der Waals surface area contributed by atoms with Gasteiger partial charge in [-0.2, -0.15) is 5.10 Å². The van der Waals surface area contributed by atoms with Crippen LogP contribution in [0.15, 0.2) is 72.9 Å². The lowest BCUT2D eigenvalue weighted by Crippen LogP contribution is -2.17. The number of fused-ring (bicyclic) bond motifs is 1. The number of aryl methyl sites for hydroxylation is 1. The van der Waals surface area contributed by atoms with E-state index in [1.165, 1.54) is 5.56 Å². The molecule has 2 aromatic heterocycles. The van der Waals surface area contributed by atoms with Gasteiger partial charge in [0.1, 0.15) is 0 Å². The van der Waals surface area contributed by atoms with Gasteiger partial charge in [0.15, 0.2) is 0 Å². The average Bonchev–Trinajstić information content (AvgIpc) is 3.10. The van der Waals surface area contributed by atoms with E-state index in [0.717, 1.165) is 27.9 Å². The molecule has 0 fully saturated rings. The fourth-order valence-electron chi connectivity index (χ4n) is 3.15. The molecule has 2 aromatic carbocycles. The number of pyridine rings is 1. The summed E-state index contributed by atoms with van der Waals surface area (Å²) >= 11 is 0. The summed E-state index contributed by atoms with van der Waals surface area (Å²) in [4.78, 5) is 11.9. The van der Waals surface area contributed by atoms with Gasteiger partial charge in [-0.05, 0) is 53.9 Å². The second kappa shape index (κ2) is 6.48. The molecule has 0 aliphatic rings. The summed E-state index contributed by atoms with van der Waals surface area (Å²) in [6.45, 7) is 2.09. The van der Waals surface area contributed by atoms with E-state index < -0.39 is 0 Å². The van der Waals surface area contributed by atoms with Gasteiger partial charge in [-0.3, -0.25) is 4.79 Å². The quantitative estimate of drug-likeness (QED) is 0.603. The van der Waals surface area contributed by atoms with Gasteiger partial charge in [-0.15, -0.1) is 0 Å². The van der Waals surface area contributed by atoms with E-state index >= 15 is 0 Å². The van der Waals surface area contributed by atoms with Gasteiger partial charge < -0.3 is 5.32 Å². The van der Waals surface area contributed by atoms with Crippen molar-refractivity contribution in [3.63, 3.8) is 0 Å². The molecule has 4 rings (SSSR count). The Morgan fingerprint density at radius 3 is 2.58 bits per heavy atom. The summed E-state index contributed by atoms with van der Waals surface area (Å²) in [5.41, 5.74) is 7.03. The van der Waals surface area contributed by atoms with Crippen molar-refractivity contribution >= 4 is 11.4 Å². The van der Waals surface area contributed by atoms with Crippen LogP contribution in [0.1, 0.15) is 15.9 Å². The molecule has 0 aliphatic carbocycles. The topological polar surface area (TPSA) is 46.4 Å². The summed E-state index contributed by atoms with van der Waals surface area (Å²) in [6, 6.07) is 22.1. The van der Waals surface area contributed by atoms with E-state index in [1.54, 1.807) is 7.05 Å². The molecule has 1 amide bonds. The normalized spacial score (nSPS) is 10.8. The van der Waals surface area contributed by atoms with E-state index in [2.05, 4.69) is 36.5 Å². The molecule has 2 heterocycles. The zero-order chi connectivity index (χ0) is 18.1. The third-order valence-electron chi connectivity index (χ3n) is 4.57. The standard InChI is InChI=1S/C22H19N3O/c1-15-6-3-4-9-20(15)21-14-19-13-17(10-11-25(19)24-21)16-7-5-8-18(12-16)22(26)23-2/h3-14H,1-2H3,(H,23,26). The highest BCUT2D eigenvalue weighted by atomic mass is 16.1. The third kappa shape index (κ3) is 2.86. The summed E-state index contributed by atoms with van der Waals surface area (Å²) in [6.07, 6.45) is 1.96. The van der Waals surface area contributed by atoms with Crippen molar-refractivity contribution in [3.8, 4) is 22.4 Å². The van der Waals surface area contributed by atoms with Crippen molar-refractivity contribution < 1.29 is 4.79 Å². The van der Waals surface area contributed by atoms with Crippen LogP contribution in [0.5, 0.6) is 0 Å². The van der Waals surface area contributed by atoms with Gasteiger partial charge in [0.25, 0.3) is 5.91 Å².